The smallest absolute Gasteiger partial charge is 0.234 e. The van der Waals surface area contributed by atoms with Crippen molar-refractivity contribution in [1.29, 1.82) is 0 Å². The summed E-state index contributed by atoms with van der Waals surface area (Å²) in [6.45, 7) is 0. The van der Waals surface area contributed by atoms with Gasteiger partial charge in [-0.3, -0.25) is 0 Å². The summed E-state index contributed by atoms with van der Waals surface area (Å²) in [6, 6.07) is 0. The highest BCUT2D eigenvalue weighted by atomic mass is 19.4. The molecule has 1 aliphatic carbocycles. The minimum atomic E-state index is -9.21. The largest absolute Gasteiger partial charge is 0.415 e. The molecule has 0 aromatic carbocycles. The highest BCUT2D eigenvalue weighted by Crippen LogP contribution is 2.77. The number of hydrogen-bond donors (Lipinski definition) is 0. The van der Waals surface area contributed by atoms with Crippen molar-refractivity contribution in [2.24, 2.45) is 5.41 Å². The van der Waals surface area contributed by atoms with E-state index < -0.39 is 59.5 Å². The quantitative estimate of drug-likeness (QED) is 0.388. The molecular weight excluding hydrogens is 481 g/mol. The number of hydrogen-bond acceptors (Lipinski definition) is 0. The van der Waals surface area contributed by atoms with E-state index in [-0.39, 0.29) is 0 Å². The molecule has 1 aliphatic rings. The third-order valence-electron chi connectivity index (χ3n) is 4.13. The molecule has 1 saturated carbocycles. The normalized spacial score (nSPS) is 32.2. The molecule has 0 aromatic rings. The molecule has 19 heteroatoms. The number of rotatable bonds is 1. The lowest BCUT2D eigenvalue weighted by Gasteiger charge is -2.57. The number of halogens is 19. The Hall–Kier alpha value is -1.33. The van der Waals surface area contributed by atoms with Gasteiger partial charge in [-0.15, -0.1) is 0 Å². The molecule has 0 nitrogen and oxygen atoms in total. The van der Waals surface area contributed by atoms with E-state index in [2.05, 4.69) is 0 Å². The second-order valence-electron chi connectivity index (χ2n) is 5.66. The molecule has 0 aromatic heterocycles. The van der Waals surface area contributed by atoms with Crippen molar-refractivity contribution in [2.75, 3.05) is 0 Å². The lowest BCUT2D eigenvalue weighted by molar-refractivity contribution is -0.537. The molecule has 0 amide bonds. The van der Waals surface area contributed by atoms with E-state index in [1.807, 2.05) is 0 Å². The van der Waals surface area contributed by atoms with Gasteiger partial charge in [0.15, 0.2) is 0 Å². The van der Waals surface area contributed by atoms with Gasteiger partial charge in [0.25, 0.3) is 5.67 Å². The van der Waals surface area contributed by atoms with Crippen molar-refractivity contribution in [2.45, 2.75) is 54.1 Å². The maximum Gasteiger partial charge on any atom is 0.415 e. The van der Waals surface area contributed by atoms with Crippen LogP contribution in [0.3, 0.4) is 0 Å². The zero-order valence-electron chi connectivity index (χ0n) is 12.3. The third-order valence-corrected chi connectivity index (χ3v) is 4.13. The standard InChI is InChI=1S/C10HF19/c11-1-2(12,13)6(17,18)5(16,7(19,20)3(1,14)15)4(8(21,22)23,9(24,25)26)10(27,28)29/h1H. The summed E-state index contributed by atoms with van der Waals surface area (Å²) >= 11 is 0. The van der Waals surface area contributed by atoms with Crippen molar-refractivity contribution >= 4 is 0 Å². The summed E-state index contributed by atoms with van der Waals surface area (Å²) < 4.78 is 249. The molecule has 29 heavy (non-hydrogen) atoms. The Labute approximate surface area is 144 Å². The SMILES string of the molecule is FC1C(F)(F)C(F)(F)C(F)(C(C(F)(F)F)(C(F)(F)F)C(F)(F)F)C(F)(F)C1(F)F. The molecule has 0 bridgehead atoms. The molecule has 0 aliphatic heterocycles. The van der Waals surface area contributed by atoms with Crippen molar-refractivity contribution in [1.82, 2.24) is 0 Å². The summed E-state index contributed by atoms with van der Waals surface area (Å²) in [5, 5.41) is 0. The van der Waals surface area contributed by atoms with Crippen LogP contribution in [0.5, 0.6) is 0 Å². The predicted molar refractivity (Wildman–Crippen MR) is 49.1 cm³/mol. The first-order chi connectivity index (χ1) is 12.2. The fraction of sp³-hybridized carbons (Fsp3) is 1.00. The van der Waals surface area contributed by atoms with E-state index >= 15 is 0 Å². The zero-order chi connectivity index (χ0) is 24.1. The van der Waals surface area contributed by atoms with Crippen molar-refractivity contribution in [3.63, 3.8) is 0 Å². The van der Waals surface area contributed by atoms with Gasteiger partial charge in [-0.05, 0) is 0 Å². The van der Waals surface area contributed by atoms with Crippen LogP contribution < -0.4 is 0 Å². The molecule has 0 saturated heterocycles. The van der Waals surface area contributed by atoms with Crippen LogP contribution in [0.15, 0.2) is 0 Å². The molecule has 0 N–H and O–H groups in total. The Morgan fingerprint density at radius 2 is 0.655 bits per heavy atom. The summed E-state index contributed by atoms with van der Waals surface area (Å²) in [7, 11) is 0. The fourth-order valence-electron chi connectivity index (χ4n) is 2.74. The molecule has 1 rings (SSSR count). The Kier molecular flexibility index (Phi) is 5.03. The molecule has 1 fully saturated rings. The van der Waals surface area contributed by atoms with Crippen LogP contribution in [0.1, 0.15) is 0 Å². The Bertz CT molecular complexity index is 579. The van der Waals surface area contributed by atoms with E-state index in [1.165, 1.54) is 0 Å². The molecular formula is C10HF19. The first kappa shape index (κ1) is 25.7. The van der Waals surface area contributed by atoms with Crippen molar-refractivity contribution in [3.05, 3.63) is 0 Å². The van der Waals surface area contributed by atoms with Crippen LogP contribution in [0.2, 0.25) is 0 Å². The van der Waals surface area contributed by atoms with Gasteiger partial charge < -0.3 is 0 Å². The lowest BCUT2D eigenvalue weighted by atomic mass is 9.58. The maximum atomic E-state index is 14.3. The van der Waals surface area contributed by atoms with Crippen molar-refractivity contribution < 1.29 is 83.4 Å². The maximum absolute atomic E-state index is 14.3. The van der Waals surface area contributed by atoms with Gasteiger partial charge in [-0.2, -0.15) is 74.6 Å². The first-order valence-electron chi connectivity index (χ1n) is 6.20. The Morgan fingerprint density at radius 3 is 0.828 bits per heavy atom. The summed E-state index contributed by atoms with van der Waals surface area (Å²) in [5.41, 5.74) is -18.4. The Morgan fingerprint density at radius 1 is 0.448 bits per heavy atom. The molecule has 174 valence electrons. The predicted octanol–water partition coefficient (Wildman–Crippen LogP) is 6.26. The van der Waals surface area contributed by atoms with Gasteiger partial charge in [0.2, 0.25) is 6.17 Å². The van der Waals surface area contributed by atoms with Crippen LogP contribution in [-0.2, 0) is 0 Å². The fourth-order valence-corrected chi connectivity index (χ4v) is 2.74. The van der Waals surface area contributed by atoms with Crippen molar-refractivity contribution in [3.8, 4) is 0 Å². The molecule has 0 radical (unpaired) electrons. The third kappa shape index (κ3) is 2.38. The first-order valence-corrected chi connectivity index (χ1v) is 6.20. The summed E-state index contributed by atoms with van der Waals surface area (Å²) in [5.74, 6) is -33.0. The highest BCUT2D eigenvalue weighted by Gasteiger charge is 3.08. The second kappa shape index (κ2) is 5.67. The molecule has 0 heterocycles. The van der Waals surface area contributed by atoms with Crippen LogP contribution >= 0.6 is 0 Å². The average molecular weight is 482 g/mol. The van der Waals surface area contributed by atoms with E-state index in [1.54, 1.807) is 0 Å². The van der Waals surface area contributed by atoms with Gasteiger partial charge in [-0.25, -0.2) is 8.78 Å². The van der Waals surface area contributed by atoms with E-state index in [0.29, 0.717) is 0 Å². The van der Waals surface area contributed by atoms with Gasteiger partial charge in [-0.1, -0.05) is 0 Å². The molecule has 0 spiro atoms. The highest BCUT2D eigenvalue weighted by molar-refractivity contribution is 5.32. The summed E-state index contributed by atoms with van der Waals surface area (Å²) in [4.78, 5) is 0. The Balaban J connectivity index is 4.47. The van der Waals surface area contributed by atoms with Gasteiger partial charge in [0.05, 0.1) is 0 Å². The van der Waals surface area contributed by atoms with Gasteiger partial charge >= 0.3 is 47.6 Å². The molecule has 0 atom stereocenters. The topological polar surface area (TPSA) is 0 Å². The average Bonchev–Trinajstić information content (AvgIpc) is 2.39. The summed E-state index contributed by atoms with van der Waals surface area (Å²) in [6.07, 6.45) is -32.6. The second-order valence-corrected chi connectivity index (χ2v) is 5.66. The monoisotopic (exact) mass is 482 g/mol. The minimum absolute atomic E-state index is 6.38. The van der Waals surface area contributed by atoms with Crippen LogP contribution in [-0.4, -0.2) is 54.1 Å². The van der Waals surface area contributed by atoms with Crippen LogP contribution in [0.4, 0.5) is 83.4 Å². The minimum Gasteiger partial charge on any atom is -0.234 e. The van der Waals surface area contributed by atoms with Crippen LogP contribution in [0.25, 0.3) is 0 Å². The van der Waals surface area contributed by atoms with E-state index in [0.717, 1.165) is 0 Å². The number of alkyl halides is 19. The van der Waals surface area contributed by atoms with Crippen LogP contribution in [0, 0.1) is 5.41 Å². The lowest BCUT2D eigenvalue weighted by Crippen LogP contribution is -2.89. The van der Waals surface area contributed by atoms with Gasteiger partial charge in [0, 0.05) is 0 Å². The van der Waals surface area contributed by atoms with E-state index in [9.17, 15) is 83.4 Å². The van der Waals surface area contributed by atoms with Gasteiger partial charge in [0.1, 0.15) is 0 Å². The zero-order valence-corrected chi connectivity index (χ0v) is 12.3. The van der Waals surface area contributed by atoms with E-state index in [4.69, 9.17) is 0 Å². The molecule has 0 unspecified atom stereocenters.